The van der Waals surface area contributed by atoms with E-state index in [9.17, 15) is 4.79 Å². The van der Waals surface area contributed by atoms with Crippen LogP contribution in [-0.2, 0) is 17.8 Å². The average Bonchev–Trinajstić information content (AvgIpc) is 3.17. The largest absolute Gasteiger partial charge is 0.340 e. The van der Waals surface area contributed by atoms with E-state index in [-0.39, 0.29) is 5.91 Å². The van der Waals surface area contributed by atoms with E-state index in [1.807, 2.05) is 24.6 Å². The Morgan fingerprint density at radius 3 is 2.62 bits per heavy atom. The van der Waals surface area contributed by atoms with Crippen molar-refractivity contribution in [3.63, 3.8) is 0 Å². The van der Waals surface area contributed by atoms with E-state index in [0.29, 0.717) is 13.0 Å². The molecule has 124 valence electrons. The van der Waals surface area contributed by atoms with E-state index in [0.717, 1.165) is 25.5 Å². The van der Waals surface area contributed by atoms with Gasteiger partial charge in [-0.2, -0.15) is 0 Å². The summed E-state index contributed by atoms with van der Waals surface area (Å²) >= 11 is 9.00. The molecule has 0 unspecified atom stereocenters. The van der Waals surface area contributed by atoms with Crippen molar-refractivity contribution in [2.24, 2.45) is 0 Å². The highest BCUT2D eigenvalue weighted by Gasteiger charge is 2.14. The van der Waals surface area contributed by atoms with Crippen LogP contribution in [0.1, 0.15) is 16.1 Å². The van der Waals surface area contributed by atoms with Gasteiger partial charge in [0.25, 0.3) is 0 Å². The number of amides is 1. The fourth-order valence-electron chi connectivity index (χ4n) is 2.27. The molecule has 24 heavy (non-hydrogen) atoms. The standard InChI is InChI=1S/C18H17ClN2OS2/c1-12-3-5-13(6-4-12)18-20-14(11-23-18)9-17(22)21(2)10-15-7-8-16(19)24-15/h3-8,11H,9-10H2,1-2H3. The van der Waals surface area contributed by atoms with Gasteiger partial charge in [0.05, 0.1) is 23.0 Å². The number of hydrogen-bond acceptors (Lipinski definition) is 4. The SMILES string of the molecule is Cc1ccc(-c2nc(CC(=O)N(C)Cc3ccc(Cl)s3)cs2)cc1. The Hall–Kier alpha value is -1.69. The molecule has 0 saturated carbocycles. The molecule has 0 fully saturated rings. The first-order chi connectivity index (χ1) is 11.5. The second-order valence-corrected chi connectivity index (χ2v) is 8.30. The number of carbonyl (C=O) groups excluding carboxylic acids is 1. The van der Waals surface area contributed by atoms with Crippen molar-refractivity contribution >= 4 is 40.2 Å². The number of hydrogen-bond donors (Lipinski definition) is 0. The molecular weight excluding hydrogens is 360 g/mol. The predicted molar refractivity (Wildman–Crippen MR) is 102 cm³/mol. The summed E-state index contributed by atoms with van der Waals surface area (Å²) in [5.74, 6) is 0.0558. The van der Waals surface area contributed by atoms with Gasteiger partial charge in [-0.05, 0) is 19.1 Å². The monoisotopic (exact) mass is 376 g/mol. The number of aromatic nitrogens is 1. The fourth-order valence-corrected chi connectivity index (χ4v) is 4.23. The van der Waals surface area contributed by atoms with Crippen molar-refractivity contribution in [2.75, 3.05) is 7.05 Å². The molecule has 3 aromatic rings. The summed E-state index contributed by atoms with van der Waals surface area (Å²) in [5.41, 5.74) is 3.13. The van der Waals surface area contributed by atoms with E-state index in [2.05, 4.69) is 36.2 Å². The van der Waals surface area contributed by atoms with Crippen LogP contribution in [-0.4, -0.2) is 22.8 Å². The molecule has 2 heterocycles. The first-order valence-electron chi connectivity index (χ1n) is 7.51. The van der Waals surface area contributed by atoms with Crippen LogP contribution < -0.4 is 0 Å². The second-order valence-electron chi connectivity index (χ2n) is 5.64. The molecule has 0 N–H and O–H groups in total. The first kappa shape index (κ1) is 17.1. The third-order valence-corrected chi connectivity index (χ3v) is 5.79. The molecule has 0 saturated heterocycles. The molecule has 0 aliphatic heterocycles. The number of carbonyl (C=O) groups is 1. The summed E-state index contributed by atoms with van der Waals surface area (Å²) in [6.07, 6.45) is 0.317. The van der Waals surface area contributed by atoms with Crippen LogP contribution in [0.4, 0.5) is 0 Å². The molecule has 3 nitrogen and oxygen atoms in total. The quantitative estimate of drug-likeness (QED) is 0.625. The number of halogens is 1. The van der Waals surface area contributed by atoms with Gasteiger partial charge < -0.3 is 4.90 Å². The Morgan fingerprint density at radius 2 is 1.96 bits per heavy atom. The minimum Gasteiger partial charge on any atom is -0.340 e. The Labute approximate surface area is 154 Å². The van der Waals surface area contributed by atoms with Crippen molar-refractivity contribution in [1.29, 1.82) is 0 Å². The lowest BCUT2D eigenvalue weighted by Crippen LogP contribution is -2.27. The molecule has 0 spiro atoms. The van der Waals surface area contributed by atoms with Crippen LogP contribution in [0.15, 0.2) is 41.8 Å². The Balaban J connectivity index is 1.63. The van der Waals surface area contributed by atoms with Gasteiger partial charge in [0.1, 0.15) is 5.01 Å². The third-order valence-electron chi connectivity index (χ3n) is 3.63. The van der Waals surface area contributed by atoms with E-state index in [1.54, 1.807) is 16.2 Å². The Kier molecular flexibility index (Phi) is 5.33. The van der Waals surface area contributed by atoms with Crippen LogP contribution in [0.2, 0.25) is 4.34 Å². The smallest absolute Gasteiger partial charge is 0.228 e. The molecule has 6 heteroatoms. The van der Waals surface area contributed by atoms with E-state index in [4.69, 9.17) is 11.6 Å². The highest BCUT2D eigenvalue weighted by atomic mass is 35.5. The Morgan fingerprint density at radius 1 is 1.21 bits per heavy atom. The summed E-state index contributed by atoms with van der Waals surface area (Å²) in [4.78, 5) is 19.8. The average molecular weight is 377 g/mol. The van der Waals surface area contributed by atoms with Crippen molar-refractivity contribution in [3.05, 3.63) is 62.2 Å². The maximum Gasteiger partial charge on any atom is 0.228 e. The van der Waals surface area contributed by atoms with Crippen LogP contribution in [0.5, 0.6) is 0 Å². The molecule has 0 radical (unpaired) electrons. The van der Waals surface area contributed by atoms with Gasteiger partial charge in [-0.15, -0.1) is 22.7 Å². The summed E-state index contributed by atoms with van der Waals surface area (Å²) < 4.78 is 0.744. The molecule has 0 aliphatic carbocycles. The molecule has 0 aliphatic rings. The van der Waals surface area contributed by atoms with Crippen molar-refractivity contribution in [2.45, 2.75) is 19.9 Å². The minimum absolute atomic E-state index is 0.0558. The highest BCUT2D eigenvalue weighted by Crippen LogP contribution is 2.25. The summed E-state index contributed by atoms with van der Waals surface area (Å²) in [7, 11) is 1.81. The van der Waals surface area contributed by atoms with Gasteiger partial charge in [0.15, 0.2) is 0 Å². The summed E-state index contributed by atoms with van der Waals surface area (Å²) in [5, 5.41) is 2.91. The number of benzene rings is 1. The number of thiophene rings is 1. The molecular formula is C18H17ClN2OS2. The molecule has 2 aromatic heterocycles. The van der Waals surface area contributed by atoms with Crippen molar-refractivity contribution < 1.29 is 4.79 Å². The number of thiazole rings is 1. The highest BCUT2D eigenvalue weighted by molar-refractivity contribution is 7.16. The van der Waals surface area contributed by atoms with Crippen LogP contribution in [0.3, 0.4) is 0 Å². The maximum atomic E-state index is 12.4. The molecule has 1 aromatic carbocycles. The topological polar surface area (TPSA) is 33.2 Å². The third kappa shape index (κ3) is 4.23. The van der Waals surface area contributed by atoms with Crippen LogP contribution in [0.25, 0.3) is 10.6 Å². The molecule has 3 rings (SSSR count). The zero-order valence-electron chi connectivity index (χ0n) is 13.5. The number of likely N-dealkylation sites (N-methyl/N-ethyl adjacent to an activating group) is 1. The van der Waals surface area contributed by atoms with E-state index < -0.39 is 0 Å². The van der Waals surface area contributed by atoms with E-state index in [1.165, 1.54) is 16.9 Å². The Bertz CT molecular complexity index is 839. The van der Waals surface area contributed by atoms with E-state index >= 15 is 0 Å². The lowest BCUT2D eigenvalue weighted by molar-refractivity contribution is -0.129. The summed E-state index contributed by atoms with van der Waals surface area (Å²) in [6, 6.07) is 12.1. The minimum atomic E-state index is 0.0558. The number of aryl methyl sites for hydroxylation is 1. The van der Waals surface area contributed by atoms with Gasteiger partial charge in [0.2, 0.25) is 5.91 Å². The van der Waals surface area contributed by atoms with Crippen molar-refractivity contribution in [1.82, 2.24) is 9.88 Å². The van der Waals surface area contributed by atoms with Crippen LogP contribution >= 0.6 is 34.3 Å². The van der Waals surface area contributed by atoms with Gasteiger partial charge in [-0.25, -0.2) is 4.98 Å². The van der Waals surface area contributed by atoms with Gasteiger partial charge in [-0.3, -0.25) is 4.79 Å². The normalized spacial score (nSPS) is 10.8. The zero-order valence-corrected chi connectivity index (χ0v) is 15.8. The summed E-state index contributed by atoms with van der Waals surface area (Å²) in [6.45, 7) is 2.64. The molecule has 1 amide bonds. The molecule has 0 atom stereocenters. The lowest BCUT2D eigenvalue weighted by Gasteiger charge is -2.15. The van der Waals surface area contributed by atoms with Crippen molar-refractivity contribution in [3.8, 4) is 10.6 Å². The van der Waals surface area contributed by atoms with Gasteiger partial charge >= 0.3 is 0 Å². The predicted octanol–water partition coefficient (Wildman–Crippen LogP) is 5.03. The van der Waals surface area contributed by atoms with Gasteiger partial charge in [-0.1, -0.05) is 41.4 Å². The van der Waals surface area contributed by atoms with Crippen LogP contribution in [0, 0.1) is 6.92 Å². The fraction of sp³-hybridized carbons (Fsp3) is 0.222. The lowest BCUT2D eigenvalue weighted by atomic mass is 10.2. The second kappa shape index (κ2) is 7.47. The zero-order chi connectivity index (χ0) is 17.1. The number of nitrogens with zero attached hydrogens (tertiary/aromatic N) is 2. The molecule has 0 bridgehead atoms. The van der Waals surface area contributed by atoms with Gasteiger partial charge in [0, 0.05) is 22.9 Å². The number of rotatable bonds is 5. The first-order valence-corrected chi connectivity index (χ1v) is 9.58. The maximum absolute atomic E-state index is 12.4.